The Morgan fingerprint density at radius 1 is 1.50 bits per heavy atom. The van der Waals surface area contributed by atoms with Crippen molar-refractivity contribution in [2.45, 2.75) is 25.8 Å². The van der Waals surface area contributed by atoms with Crippen LogP contribution in [0.25, 0.3) is 0 Å². The molecule has 0 saturated heterocycles. The monoisotopic (exact) mass is 245 g/mol. The maximum atomic E-state index is 11.4. The van der Waals surface area contributed by atoms with Crippen LogP contribution in [0.5, 0.6) is 0 Å². The molecule has 0 aliphatic carbocycles. The Balaban J connectivity index is 2.18. The highest BCUT2D eigenvalue weighted by atomic mass is 16.4. The molecule has 2 rings (SSSR count). The van der Waals surface area contributed by atoms with Crippen molar-refractivity contribution >= 4 is 5.97 Å². The molecule has 0 aromatic heterocycles. The van der Waals surface area contributed by atoms with Crippen LogP contribution in [0.4, 0.5) is 0 Å². The molecule has 1 N–H and O–H groups in total. The minimum Gasteiger partial charge on any atom is -0.481 e. The van der Waals surface area contributed by atoms with Gasteiger partial charge in [0.25, 0.3) is 0 Å². The summed E-state index contributed by atoms with van der Waals surface area (Å²) in [6, 6.07) is 7.85. The summed E-state index contributed by atoms with van der Waals surface area (Å²) in [7, 11) is 0. The fourth-order valence-electron chi connectivity index (χ4n) is 2.41. The van der Waals surface area contributed by atoms with E-state index in [0.717, 1.165) is 36.2 Å². The third-order valence-electron chi connectivity index (χ3n) is 3.42. The van der Waals surface area contributed by atoms with E-state index in [0.29, 0.717) is 6.54 Å². The topological polar surface area (TPSA) is 40.5 Å². The van der Waals surface area contributed by atoms with E-state index in [1.165, 1.54) is 0 Å². The van der Waals surface area contributed by atoms with Gasteiger partial charge in [0.2, 0.25) is 0 Å². The van der Waals surface area contributed by atoms with Crippen LogP contribution in [0, 0.1) is 0 Å². The van der Waals surface area contributed by atoms with Crippen LogP contribution < -0.4 is 0 Å². The van der Waals surface area contributed by atoms with Gasteiger partial charge in [0.1, 0.15) is 0 Å². The molecule has 96 valence electrons. The van der Waals surface area contributed by atoms with E-state index < -0.39 is 11.9 Å². The number of hydrogen-bond acceptors (Lipinski definition) is 2. The highest BCUT2D eigenvalue weighted by molar-refractivity contribution is 5.77. The second-order valence-electron chi connectivity index (χ2n) is 5.03. The lowest BCUT2D eigenvalue weighted by Crippen LogP contribution is -2.37. The van der Waals surface area contributed by atoms with Crippen molar-refractivity contribution in [3.8, 4) is 0 Å². The van der Waals surface area contributed by atoms with Crippen molar-refractivity contribution in [1.82, 2.24) is 4.90 Å². The van der Waals surface area contributed by atoms with Gasteiger partial charge in [-0.2, -0.15) is 0 Å². The molecule has 3 heteroatoms. The number of benzene rings is 1. The zero-order chi connectivity index (χ0) is 13.1. The molecule has 18 heavy (non-hydrogen) atoms. The third kappa shape index (κ3) is 2.79. The minimum atomic E-state index is -0.734. The summed E-state index contributed by atoms with van der Waals surface area (Å²) in [5.74, 6) is -1.14. The van der Waals surface area contributed by atoms with Crippen molar-refractivity contribution in [3.63, 3.8) is 0 Å². The number of nitrogens with zero attached hydrogens (tertiary/aromatic N) is 1. The Bertz CT molecular complexity index is 467. The number of fused-ring (bicyclic) bond motifs is 1. The van der Waals surface area contributed by atoms with E-state index in [1.54, 1.807) is 0 Å². The van der Waals surface area contributed by atoms with Gasteiger partial charge in [-0.15, -0.1) is 6.58 Å². The fourth-order valence-corrected chi connectivity index (χ4v) is 2.41. The van der Waals surface area contributed by atoms with Gasteiger partial charge in [-0.1, -0.05) is 29.8 Å². The van der Waals surface area contributed by atoms with Crippen LogP contribution in [-0.2, 0) is 11.3 Å². The summed E-state index contributed by atoms with van der Waals surface area (Å²) < 4.78 is 0. The standard InChI is InChI=1S/C15H19NO2/c1-11(2)7-8-16-9-12-5-3-4-6-13(12)14(10-16)15(17)18/h3-6,14H,1,7-10H2,2H3,(H,17,18). The maximum Gasteiger partial charge on any atom is 0.312 e. The van der Waals surface area contributed by atoms with Crippen LogP contribution in [0.15, 0.2) is 36.4 Å². The van der Waals surface area contributed by atoms with Crippen LogP contribution in [0.1, 0.15) is 30.4 Å². The van der Waals surface area contributed by atoms with Gasteiger partial charge in [-0.05, 0) is 24.5 Å². The first-order valence-corrected chi connectivity index (χ1v) is 6.25. The summed E-state index contributed by atoms with van der Waals surface area (Å²) in [6.45, 7) is 8.22. The Kier molecular flexibility index (Phi) is 3.82. The van der Waals surface area contributed by atoms with Crippen LogP contribution in [-0.4, -0.2) is 29.1 Å². The predicted octanol–water partition coefficient (Wildman–Crippen LogP) is 2.64. The SMILES string of the molecule is C=C(C)CCN1Cc2ccccc2C(C(=O)O)C1. The van der Waals surface area contributed by atoms with Crippen LogP contribution >= 0.6 is 0 Å². The van der Waals surface area contributed by atoms with Gasteiger partial charge in [-0.25, -0.2) is 0 Å². The van der Waals surface area contributed by atoms with E-state index in [-0.39, 0.29) is 0 Å². The highest BCUT2D eigenvalue weighted by Crippen LogP contribution is 2.28. The molecule has 0 bridgehead atoms. The first-order chi connectivity index (χ1) is 8.58. The minimum absolute atomic E-state index is 0.403. The summed E-state index contributed by atoms with van der Waals surface area (Å²) in [4.78, 5) is 13.6. The lowest BCUT2D eigenvalue weighted by molar-refractivity contribution is -0.139. The number of carbonyl (C=O) groups is 1. The molecular weight excluding hydrogens is 226 g/mol. The molecule has 0 saturated carbocycles. The van der Waals surface area contributed by atoms with Gasteiger partial charge < -0.3 is 5.11 Å². The van der Waals surface area contributed by atoms with Gasteiger partial charge in [0, 0.05) is 19.6 Å². The zero-order valence-corrected chi connectivity index (χ0v) is 10.7. The van der Waals surface area contributed by atoms with E-state index in [9.17, 15) is 9.90 Å². The van der Waals surface area contributed by atoms with Crippen LogP contribution in [0.3, 0.4) is 0 Å². The average Bonchev–Trinajstić information content (AvgIpc) is 2.35. The molecule has 0 spiro atoms. The second-order valence-corrected chi connectivity index (χ2v) is 5.03. The van der Waals surface area contributed by atoms with Crippen LogP contribution in [0.2, 0.25) is 0 Å². The number of carboxylic acids is 1. The van der Waals surface area contributed by atoms with Gasteiger partial charge >= 0.3 is 5.97 Å². The first-order valence-electron chi connectivity index (χ1n) is 6.25. The van der Waals surface area contributed by atoms with Gasteiger partial charge in [0.05, 0.1) is 5.92 Å². The first kappa shape index (κ1) is 12.8. The van der Waals surface area contributed by atoms with E-state index in [1.807, 2.05) is 31.2 Å². The molecule has 0 radical (unpaired) electrons. The van der Waals surface area contributed by atoms with Gasteiger partial charge in [-0.3, -0.25) is 9.69 Å². The summed E-state index contributed by atoms with van der Waals surface area (Å²) in [5, 5.41) is 9.34. The molecule has 1 atom stereocenters. The molecule has 1 aromatic carbocycles. The van der Waals surface area contributed by atoms with Crippen molar-refractivity contribution in [3.05, 3.63) is 47.5 Å². The molecule has 1 aromatic rings. The second kappa shape index (κ2) is 5.36. The smallest absolute Gasteiger partial charge is 0.312 e. The molecular formula is C15H19NO2. The summed E-state index contributed by atoms with van der Waals surface area (Å²) >= 11 is 0. The summed E-state index contributed by atoms with van der Waals surface area (Å²) in [6.07, 6.45) is 0.925. The van der Waals surface area contributed by atoms with E-state index in [4.69, 9.17) is 0 Å². The normalized spacial score (nSPS) is 19.3. The molecule has 1 aliphatic rings. The van der Waals surface area contributed by atoms with Gasteiger partial charge in [0.15, 0.2) is 0 Å². The predicted molar refractivity (Wildman–Crippen MR) is 71.5 cm³/mol. The molecule has 0 fully saturated rings. The number of hydrogen-bond donors (Lipinski definition) is 1. The third-order valence-corrected chi connectivity index (χ3v) is 3.42. The van der Waals surface area contributed by atoms with E-state index in [2.05, 4.69) is 11.5 Å². The van der Waals surface area contributed by atoms with Crippen molar-refractivity contribution in [1.29, 1.82) is 0 Å². The highest BCUT2D eigenvalue weighted by Gasteiger charge is 2.29. The molecule has 0 amide bonds. The average molecular weight is 245 g/mol. The zero-order valence-electron chi connectivity index (χ0n) is 10.7. The molecule has 3 nitrogen and oxygen atoms in total. The van der Waals surface area contributed by atoms with Crippen molar-refractivity contribution in [2.24, 2.45) is 0 Å². The summed E-state index contributed by atoms with van der Waals surface area (Å²) in [5.41, 5.74) is 3.25. The number of rotatable bonds is 4. The Labute approximate surface area is 108 Å². The molecule has 1 aliphatic heterocycles. The Morgan fingerprint density at radius 2 is 2.22 bits per heavy atom. The number of aliphatic carboxylic acids is 1. The van der Waals surface area contributed by atoms with Crippen molar-refractivity contribution < 1.29 is 9.90 Å². The Hall–Kier alpha value is -1.61. The number of carboxylic acid groups (broad SMARTS) is 1. The molecule has 1 heterocycles. The quantitative estimate of drug-likeness (QED) is 0.829. The van der Waals surface area contributed by atoms with E-state index >= 15 is 0 Å². The molecule has 1 unspecified atom stereocenters. The lowest BCUT2D eigenvalue weighted by atomic mass is 9.89. The van der Waals surface area contributed by atoms with Crippen molar-refractivity contribution in [2.75, 3.05) is 13.1 Å². The largest absolute Gasteiger partial charge is 0.481 e. The Morgan fingerprint density at radius 3 is 2.89 bits per heavy atom. The maximum absolute atomic E-state index is 11.4. The fraction of sp³-hybridized carbons (Fsp3) is 0.400. The lowest BCUT2D eigenvalue weighted by Gasteiger charge is -2.32.